The van der Waals surface area contributed by atoms with E-state index in [0.29, 0.717) is 24.9 Å². The van der Waals surface area contributed by atoms with Crippen LogP contribution < -0.4 is 10.9 Å². The van der Waals surface area contributed by atoms with Gasteiger partial charge in [-0.15, -0.1) is 10.2 Å². The lowest BCUT2D eigenvalue weighted by molar-refractivity contribution is 0.0828. The predicted octanol–water partition coefficient (Wildman–Crippen LogP) is 1.23. The number of aromatic nitrogens is 4. The highest BCUT2D eigenvalue weighted by atomic mass is 16.2. The number of amides is 1. The van der Waals surface area contributed by atoms with Crippen LogP contribution in [0.1, 0.15) is 54.1 Å². The van der Waals surface area contributed by atoms with Gasteiger partial charge in [0.1, 0.15) is 18.2 Å². The summed E-state index contributed by atoms with van der Waals surface area (Å²) >= 11 is 0. The molecule has 1 N–H and O–H groups in total. The third-order valence-corrected chi connectivity index (χ3v) is 6.84. The molecule has 2 fully saturated rings. The van der Waals surface area contributed by atoms with Crippen molar-refractivity contribution in [3.05, 3.63) is 46.4 Å². The van der Waals surface area contributed by atoms with Gasteiger partial charge in [-0.3, -0.25) is 14.5 Å². The standard InChI is InChI=1S/C21H28N6O2/c28-20(22-7-8-25-13-23-24-14-25)18-5-6-19-16-9-15(11-27(19)21(18)29)10-26(12-16)17-3-1-2-4-17/h5-6,13-17H,1-4,7-12H2,(H,22,28)/t15-,16+/m0/s1. The quantitative estimate of drug-likeness (QED) is 0.822. The second-order valence-electron chi connectivity index (χ2n) is 8.73. The maximum absolute atomic E-state index is 13.1. The van der Waals surface area contributed by atoms with Gasteiger partial charge in [-0.05, 0) is 37.3 Å². The number of rotatable bonds is 5. The molecule has 2 aromatic rings. The fourth-order valence-corrected chi connectivity index (χ4v) is 5.45. The van der Waals surface area contributed by atoms with Crippen molar-refractivity contribution >= 4 is 5.91 Å². The normalized spacial score (nSPS) is 24.4. The Morgan fingerprint density at radius 1 is 1.10 bits per heavy atom. The lowest BCUT2D eigenvalue weighted by Crippen LogP contribution is -2.50. The zero-order valence-electron chi connectivity index (χ0n) is 16.7. The molecule has 29 heavy (non-hydrogen) atoms. The van der Waals surface area contributed by atoms with Crippen molar-refractivity contribution in [2.75, 3.05) is 19.6 Å². The van der Waals surface area contributed by atoms with Crippen LogP contribution in [0.5, 0.6) is 0 Å². The number of carbonyl (C=O) groups excluding carboxylic acids is 1. The zero-order chi connectivity index (χ0) is 19.8. The molecule has 0 aromatic carbocycles. The van der Waals surface area contributed by atoms with Crippen molar-refractivity contribution < 1.29 is 4.79 Å². The van der Waals surface area contributed by atoms with E-state index in [0.717, 1.165) is 37.8 Å². The third kappa shape index (κ3) is 3.61. The Morgan fingerprint density at radius 2 is 1.90 bits per heavy atom. The molecule has 0 radical (unpaired) electrons. The summed E-state index contributed by atoms with van der Waals surface area (Å²) in [6.07, 6.45) is 9.71. The van der Waals surface area contributed by atoms with Crippen molar-refractivity contribution in [1.82, 2.24) is 29.5 Å². The number of carbonyl (C=O) groups is 1. The van der Waals surface area contributed by atoms with Crippen LogP contribution in [-0.4, -0.2) is 55.8 Å². The Kier molecular flexibility index (Phi) is 4.95. The number of fused-ring (bicyclic) bond motifs is 4. The molecule has 2 aromatic heterocycles. The Balaban J connectivity index is 1.30. The fraction of sp³-hybridized carbons (Fsp3) is 0.619. The van der Waals surface area contributed by atoms with Gasteiger partial charge in [0.2, 0.25) is 0 Å². The molecule has 4 heterocycles. The highest BCUT2D eigenvalue weighted by Gasteiger charge is 2.38. The summed E-state index contributed by atoms with van der Waals surface area (Å²) in [6.45, 7) is 3.87. The van der Waals surface area contributed by atoms with E-state index in [1.165, 1.54) is 25.7 Å². The van der Waals surface area contributed by atoms with Crippen LogP contribution in [0, 0.1) is 5.92 Å². The molecule has 1 saturated heterocycles. The molecule has 1 amide bonds. The second kappa shape index (κ2) is 7.74. The second-order valence-corrected chi connectivity index (χ2v) is 8.73. The van der Waals surface area contributed by atoms with Gasteiger partial charge in [-0.25, -0.2) is 0 Å². The van der Waals surface area contributed by atoms with E-state index in [1.807, 2.05) is 10.6 Å². The van der Waals surface area contributed by atoms with Crippen LogP contribution in [0.4, 0.5) is 0 Å². The zero-order valence-corrected chi connectivity index (χ0v) is 16.7. The largest absolute Gasteiger partial charge is 0.350 e. The minimum Gasteiger partial charge on any atom is -0.350 e. The first kappa shape index (κ1) is 18.5. The fourth-order valence-electron chi connectivity index (χ4n) is 5.45. The lowest BCUT2D eigenvalue weighted by Gasteiger charge is -2.45. The summed E-state index contributed by atoms with van der Waals surface area (Å²) in [5.74, 6) is 0.606. The van der Waals surface area contributed by atoms with Crippen LogP contribution >= 0.6 is 0 Å². The highest BCUT2D eigenvalue weighted by Crippen LogP contribution is 2.38. The number of pyridine rings is 1. The molecular weight excluding hydrogens is 368 g/mol. The van der Waals surface area contributed by atoms with Crippen LogP contribution in [0.3, 0.4) is 0 Å². The van der Waals surface area contributed by atoms with Gasteiger partial charge in [0.25, 0.3) is 11.5 Å². The number of piperidine rings is 1. The number of nitrogens with one attached hydrogen (secondary N) is 1. The van der Waals surface area contributed by atoms with Crippen LogP contribution in [0.25, 0.3) is 0 Å². The van der Waals surface area contributed by atoms with Gasteiger partial charge in [-0.2, -0.15) is 0 Å². The molecule has 1 saturated carbocycles. The Hall–Kier alpha value is -2.48. The minimum absolute atomic E-state index is 0.145. The monoisotopic (exact) mass is 396 g/mol. The number of nitrogens with zero attached hydrogens (tertiary/aromatic N) is 5. The molecule has 8 heteroatoms. The van der Waals surface area contributed by atoms with Crippen molar-refractivity contribution in [2.45, 2.75) is 57.2 Å². The number of hydrogen-bond donors (Lipinski definition) is 1. The molecule has 3 aliphatic rings. The molecule has 154 valence electrons. The van der Waals surface area contributed by atoms with E-state index in [9.17, 15) is 9.59 Å². The molecule has 0 spiro atoms. The van der Waals surface area contributed by atoms with E-state index in [2.05, 4.69) is 20.4 Å². The summed E-state index contributed by atoms with van der Waals surface area (Å²) in [7, 11) is 0. The van der Waals surface area contributed by atoms with Gasteiger partial charge < -0.3 is 14.5 Å². The van der Waals surface area contributed by atoms with Crippen LogP contribution in [-0.2, 0) is 13.1 Å². The van der Waals surface area contributed by atoms with Gasteiger partial charge in [0.05, 0.1) is 0 Å². The molecule has 8 nitrogen and oxygen atoms in total. The van der Waals surface area contributed by atoms with Gasteiger partial charge in [-0.1, -0.05) is 12.8 Å². The first-order valence-electron chi connectivity index (χ1n) is 10.8. The minimum atomic E-state index is -0.304. The molecule has 1 aliphatic carbocycles. The van der Waals surface area contributed by atoms with Crippen LogP contribution in [0.15, 0.2) is 29.6 Å². The first-order chi connectivity index (χ1) is 14.2. The van der Waals surface area contributed by atoms with E-state index in [4.69, 9.17) is 0 Å². The predicted molar refractivity (Wildman–Crippen MR) is 108 cm³/mol. The third-order valence-electron chi connectivity index (χ3n) is 6.84. The van der Waals surface area contributed by atoms with E-state index in [1.54, 1.807) is 23.3 Å². The van der Waals surface area contributed by atoms with Gasteiger partial charge >= 0.3 is 0 Å². The SMILES string of the molecule is O=C(NCCn1cnnc1)c1ccc2n(c1=O)C[C@H]1C[C@@H]2CN(C2CCCC2)C1. The smallest absolute Gasteiger partial charge is 0.263 e. The first-order valence-corrected chi connectivity index (χ1v) is 10.8. The number of likely N-dealkylation sites (tertiary alicyclic amines) is 1. The Labute approximate surface area is 169 Å². The van der Waals surface area contributed by atoms with Crippen molar-refractivity contribution in [2.24, 2.45) is 5.92 Å². The number of hydrogen-bond acceptors (Lipinski definition) is 5. The molecule has 2 atom stereocenters. The average Bonchev–Trinajstić information content (AvgIpc) is 3.43. The summed E-state index contributed by atoms with van der Waals surface area (Å²) < 4.78 is 3.66. The highest BCUT2D eigenvalue weighted by molar-refractivity contribution is 5.93. The Morgan fingerprint density at radius 3 is 2.69 bits per heavy atom. The molecule has 0 unspecified atom stereocenters. The summed E-state index contributed by atoms with van der Waals surface area (Å²) in [5, 5.41) is 10.3. The van der Waals surface area contributed by atoms with Crippen LogP contribution in [0.2, 0.25) is 0 Å². The summed E-state index contributed by atoms with van der Waals surface area (Å²) in [6, 6.07) is 4.46. The molecule has 5 rings (SSSR count). The summed E-state index contributed by atoms with van der Waals surface area (Å²) in [5.41, 5.74) is 1.20. The van der Waals surface area contributed by atoms with E-state index >= 15 is 0 Å². The van der Waals surface area contributed by atoms with Crippen molar-refractivity contribution in [3.8, 4) is 0 Å². The average molecular weight is 396 g/mol. The Bertz CT molecular complexity index is 931. The summed E-state index contributed by atoms with van der Waals surface area (Å²) in [4.78, 5) is 28.3. The maximum atomic E-state index is 13.1. The van der Waals surface area contributed by atoms with E-state index in [-0.39, 0.29) is 17.0 Å². The van der Waals surface area contributed by atoms with Gasteiger partial charge in [0, 0.05) is 50.4 Å². The lowest BCUT2D eigenvalue weighted by atomic mass is 9.82. The molecular formula is C21H28N6O2. The van der Waals surface area contributed by atoms with Gasteiger partial charge in [0.15, 0.2) is 0 Å². The maximum Gasteiger partial charge on any atom is 0.263 e. The van der Waals surface area contributed by atoms with Crippen molar-refractivity contribution in [3.63, 3.8) is 0 Å². The van der Waals surface area contributed by atoms with Crippen molar-refractivity contribution in [1.29, 1.82) is 0 Å². The molecule has 2 bridgehead atoms. The van der Waals surface area contributed by atoms with E-state index < -0.39 is 0 Å². The topological polar surface area (TPSA) is 85.0 Å². The molecule has 2 aliphatic heterocycles.